The van der Waals surface area contributed by atoms with Gasteiger partial charge in [0, 0.05) is 17.4 Å². The van der Waals surface area contributed by atoms with Gasteiger partial charge in [0.15, 0.2) is 0 Å². The van der Waals surface area contributed by atoms with E-state index in [1.54, 1.807) is 0 Å². The van der Waals surface area contributed by atoms with Crippen molar-refractivity contribution in [2.75, 3.05) is 11.9 Å². The number of alkyl halides is 1. The highest BCUT2D eigenvalue weighted by atomic mass is 79.9. The molecule has 0 aliphatic heterocycles. The Morgan fingerprint density at radius 3 is 2.19 bits per heavy atom. The standard InChI is InChI=1S/C18H28BrNO/c1-6-18(7-2,12-19)13-20-16(21)14-10-8-9-11-15(14)17(3,4)5/h8-11H,6-7,12-13H2,1-5H3,(H,20,21). The Kier molecular flexibility index (Phi) is 6.45. The zero-order valence-electron chi connectivity index (χ0n) is 13.9. The number of rotatable bonds is 6. The van der Waals surface area contributed by atoms with E-state index in [9.17, 15) is 4.79 Å². The smallest absolute Gasteiger partial charge is 0.251 e. The maximum Gasteiger partial charge on any atom is 0.251 e. The molecule has 1 rings (SSSR count). The fourth-order valence-electron chi connectivity index (χ4n) is 2.43. The van der Waals surface area contributed by atoms with Gasteiger partial charge in [0.05, 0.1) is 0 Å². The number of halogens is 1. The van der Waals surface area contributed by atoms with Crippen LogP contribution in [0.15, 0.2) is 24.3 Å². The lowest BCUT2D eigenvalue weighted by atomic mass is 9.82. The normalized spacial score (nSPS) is 12.3. The molecule has 2 nitrogen and oxygen atoms in total. The Labute approximate surface area is 137 Å². The quantitative estimate of drug-likeness (QED) is 0.722. The second-order valence-electron chi connectivity index (χ2n) is 6.82. The Balaban J connectivity index is 2.91. The second-order valence-corrected chi connectivity index (χ2v) is 7.38. The Morgan fingerprint density at radius 2 is 1.71 bits per heavy atom. The number of hydrogen-bond acceptors (Lipinski definition) is 1. The molecule has 0 saturated carbocycles. The number of carbonyl (C=O) groups is 1. The first-order chi connectivity index (χ1) is 9.79. The third-order valence-corrected chi connectivity index (χ3v) is 5.58. The van der Waals surface area contributed by atoms with Crippen LogP contribution in [0, 0.1) is 5.41 Å². The molecule has 0 fully saturated rings. The first-order valence-corrected chi connectivity index (χ1v) is 8.85. The van der Waals surface area contributed by atoms with E-state index in [0.29, 0.717) is 6.54 Å². The fourth-order valence-corrected chi connectivity index (χ4v) is 3.43. The van der Waals surface area contributed by atoms with Crippen LogP contribution < -0.4 is 5.32 Å². The van der Waals surface area contributed by atoms with E-state index in [4.69, 9.17) is 0 Å². The molecule has 1 N–H and O–H groups in total. The number of benzene rings is 1. The van der Waals surface area contributed by atoms with Crippen molar-refractivity contribution in [2.45, 2.75) is 52.9 Å². The molecular weight excluding hydrogens is 326 g/mol. The Bertz CT molecular complexity index is 464. The van der Waals surface area contributed by atoms with Gasteiger partial charge in [-0.05, 0) is 35.3 Å². The molecule has 0 saturated heterocycles. The average molecular weight is 354 g/mol. The first-order valence-electron chi connectivity index (χ1n) is 7.73. The summed E-state index contributed by atoms with van der Waals surface area (Å²) in [7, 11) is 0. The number of hydrogen-bond donors (Lipinski definition) is 1. The van der Waals surface area contributed by atoms with Gasteiger partial charge in [-0.2, -0.15) is 0 Å². The zero-order chi connectivity index (χ0) is 16.1. The second kappa shape index (κ2) is 7.44. The average Bonchev–Trinajstić information content (AvgIpc) is 2.48. The van der Waals surface area contributed by atoms with Crippen LogP contribution in [0.3, 0.4) is 0 Å². The molecule has 118 valence electrons. The van der Waals surface area contributed by atoms with Gasteiger partial charge >= 0.3 is 0 Å². The van der Waals surface area contributed by atoms with Gasteiger partial charge in [-0.25, -0.2) is 0 Å². The third-order valence-electron chi connectivity index (χ3n) is 4.39. The molecule has 0 radical (unpaired) electrons. The predicted molar refractivity (Wildman–Crippen MR) is 94.3 cm³/mol. The largest absolute Gasteiger partial charge is 0.351 e. The summed E-state index contributed by atoms with van der Waals surface area (Å²) in [6, 6.07) is 7.90. The molecule has 0 bridgehead atoms. The Hall–Kier alpha value is -0.830. The SMILES string of the molecule is CCC(CC)(CBr)CNC(=O)c1ccccc1C(C)(C)C. The van der Waals surface area contributed by atoms with Crippen molar-refractivity contribution in [1.29, 1.82) is 0 Å². The van der Waals surface area contributed by atoms with Crippen LogP contribution in [0.1, 0.15) is 63.4 Å². The fraction of sp³-hybridized carbons (Fsp3) is 0.611. The summed E-state index contributed by atoms with van der Waals surface area (Å²) in [5.41, 5.74) is 2.00. The lowest BCUT2D eigenvalue weighted by Crippen LogP contribution is -2.38. The van der Waals surface area contributed by atoms with Crippen LogP contribution in [0.2, 0.25) is 0 Å². The predicted octanol–water partition coefficient (Wildman–Crippen LogP) is 4.92. The summed E-state index contributed by atoms with van der Waals surface area (Å²) in [6.07, 6.45) is 2.10. The lowest BCUT2D eigenvalue weighted by Gasteiger charge is -2.30. The van der Waals surface area contributed by atoms with Crippen molar-refractivity contribution in [2.24, 2.45) is 5.41 Å². The van der Waals surface area contributed by atoms with Gasteiger partial charge < -0.3 is 5.32 Å². The molecule has 1 aromatic carbocycles. The van der Waals surface area contributed by atoms with Crippen molar-refractivity contribution in [3.63, 3.8) is 0 Å². The van der Waals surface area contributed by atoms with Gasteiger partial charge in [0.25, 0.3) is 5.91 Å². The molecule has 21 heavy (non-hydrogen) atoms. The van der Waals surface area contributed by atoms with Gasteiger partial charge in [0.1, 0.15) is 0 Å². The summed E-state index contributed by atoms with van der Waals surface area (Å²) < 4.78 is 0. The molecule has 0 unspecified atom stereocenters. The van der Waals surface area contributed by atoms with Gasteiger partial charge in [0.2, 0.25) is 0 Å². The highest BCUT2D eigenvalue weighted by molar-refractivity contribution is 9.09. The van der Waals surface area contributed by atoms with Gasteiger partial charge in [-0.1, -0.05) is 68.7 Å². The monoisotopic (exact) mass is 353 g/mol. The molecular formula is C18H28BrNO. The van der Waals surface area contributed by atoms with Crippen LogP contribution in [-0.2, 0) is 5.41 Å². The van der Waals surface area contributed by atoms with Crippen LogP contribution in [0.5, 0.6) is 0 Å². The molecule has 0 spiro atoms. The minimum Gasteiger partial charge on any atom is -0.351 e. The highest BCUT2D eigenvalue weighted by Crippen LogP contribution is 2.29. The summed E-state index contributed by atoms with van der Waals surface area (Å²) in [4.78, 5) is 12.6. The molecule has 0 heterocycles. The van der Waals surface area contributed by atoms with E-state index in [-0.39, 0.29) is 16.7 Å². The Morgan fingerprint density at radius 1 is 1.14 bits per heavy atom. The van der Waals surface area contributed by atoms with Crippen LogP contribution in [-0.4, -0.2) is 17.8 Å². The minimum atomic E-state index is -0.0318. The lowest BCUT2D eigenvalue weighted by molar-refractivity contribution is 0.0930. The van der Waals surface area contributed by atoms with Crippen LogP contribution >= 0.6 is 15.9 Å². The molecule has 0 atom stereocenters. The van der Waals surface area contributed by atoms with Crippen molar-refractivity contribution in [1.82, 2.24) is 5.32 Å². The van der Waals surface area contributed by atoms with E-state index in [0.717, 1.165) is 29.3 Å². The van der Waals surface area contributed by atoms with E-state index in [1.165, 1.54) is 0 Å². The molecule has 1 amide bonds. The first kappa shape index (κ1) is 18.2. The van der Waals surface area contributed by atoms with Crippen molar-refractivity contribution in [3.8, 4) is 0 Å². The van der Waals surface area contributed by atoms with Gasteiger partial charge in [-0.3, -0.25) is 4.79 Å². The summed E-state index contributed by atoms with van der Waals surface area (Å²) in [6.45, 7) is 11.5. The number of carbonyl (C=O) groups excluding carboxylic acids is 1. The summed E-state index contributed by atoms with van der Waals surface area (Å²) in [5, 5.41) is 4.05. The van der Waals surface area contributed by atoms with Crippen molar-refractivity contribution < 1.29 is 4.79 Å². The molecule has 0 aliphatic rings. The molecule has 1 aromatic rings. The third kappa shape index (κ3) is 4.57. The van der Waals surface area contributed by atoms with E-state index in [1.807, 2.05) is 24.3 Å². The van der Waals surface area contributed by atoms with Crippen molar-refractivity contribution >= 4 is 21.8 Å². The zero-order valence-corrected chi connectivity index (χ0v) is 15.5. The van der Waals surface area contributed by atoms with E-state index in [2.05, 4.69) is 55.9 Å². The number of nitrogens with one attached hydrogen (secondary N) is 1. The van der Waals surface area contributed by atoms with Crippen molar-refractivity contribution in [3.05, 3.63) is 35.4 Å². The van der Waals surface area contributed by atoms with Crippen LogP contribution in [0.4, 0.5) is 0 Å². The maximum absolute atomic E-state index is 12.6. The molecule has 0 aliphatic carbocycles. The van der Waals surface area contributed by atoms with E-state index >= 15 is 0 Å². The highest BCUT2D eigenvalue weighted by Gasteiger charge is 2.27. The summed E-state index contributed by atoms with van der Waals surface area (Å²) >= 11 is 3.59. The minimum absolute atomic E-state index is 0.0318. The molecule has 0 aromatic heterocycles. The van der Waals surface area contributed by atoms with Gasteiger partial charge in [-0.15, -0.1) is 0 Å². The molecule has 3 heteroatoms. The van der Waals surface area contributed by atoms with E-state index < -0.39 is 0 Å². The topological polar surface area (TPSA) is 29.1 Å². The summed E-state index contributed by atoms with van der Waals surface area (Å²) in [5.74, 6) is 0.0350. The maximum atomic E-state index is 12.6. The number of amides is 1. The van der Waals surface area contributed by atoms with Crippen LogP contribution in [0.25, 0.3) is 0 Å².